The Kier molecular flexibility index (Phi) is 6.41. The SMILES string of the molecule is O=C(CN1CC(C2CCCCC2)C(c2ccc(Cl)cc2)=N1)Nc1ccc(Cl)cc1. The normalized spacial score (nSPS) is 19.9. The van der Waals surface area contributed by atoms with Crippen molar-refractivity contribution in [1.29, 1.82) is 0 Å². The van der Waals surface area contributed by atoms with Gasteiger partial charge in [0, 0.05) is 28.2 Å². The highest BCUT2D eigenvalue weighted by molar-refractivity contribution is 6.31. The van der Waals surface area contributed by atoms with Crippen LogP contribution in [0.1, 0.15) is 37.7 Å². The van der Waals surface area contributed by atoms with Crippen LogP contribution in [0.3, 0.4) is 0 Å². The third kappa shape index (κ3) is 5.12. The molecule has 4 nitrogen and oxygen atoms in total. The van der Waals surface area contributed by atoms with Gasteiger partial charge in [-0.15, -0.1) is 0 Å². The minimum atomic E-state index is -0.0733. The van der Waals surface area contributed by atoms with Gasteiger partial charge in [-0.05, 0) is 60.7 Å². The molecule has 1 unspecified atom stereocenters. The van der Waals surface area contributed by atoms with Gasteiger partial charge in [0.25, 0.3) is 0 Å². The summed E-state index contributed by atoms with van der Waals surface area (Å²) >= 11 is 12.0. The van der Waals surface area contributed by atoms with Gasteiger partial charge in [-0.25, -0.2) is 0 Å². The number of hydrazone groups is 1. The van der Waals surface area contributed by atoms with Crippen LogP contribution in [0, 0.1) is 11.8 Å². The van der Waals surface area contributed by atoms with Gasteiger partial charge in [0.05, 0.1) is 5.71 Å². The molecule has 0 radical (unpaired) electrons. The lowest BCUT2D eigenvalue weighted by atomic mass is 9.77. The minimum absolute atomic E-state index is 0.0733. The van der Waals surface area contributed by atoms with Crippen LogP contribution in [-0.4, -0.2) is 29.7 Å². The number of hydrogen-bond acceptors (Lipinski definition) is 3. The number of rotatable bonds is 5. The Bertz CT molecular complexity index is 874. The summed E-state index contributed by atoms with van der Waals surface area (Å²) in [6.07, 6.45) is 6.37. The number of benzene rings is 2. The van der Waals surface area contributed by atoms with E-state index in [2.05, 4.69) is 5.32 Å². The van der Waals surface area contributed by atoms with Crippen LogP contribution < -0.4 is 5.32 Å². The van der Waals surface area contributed by atoms with Gasteiger partial charge in [-0.3, -0.25) is 9.80 Å². The summed E-state index contributed by atoms with van der Waals surface area (Å²) in [4.78, 5) is 12.6. The number of carbonyl (C=O) groups excluding carboxylic acids is 1. The zero-order valence-electron chi connectivity index (χ0n) is 16.3. The van der Waals surface area contributed by atoms with E-state index < -0.39 is 0 Å². The average Bonchev–Trinajstić information content (AvgIpc) is 3.14. The largest absolute Gasteiger partial charge is 0.324 e. The molecule has 1 amide bonds. The Morgan fingerprint density at radius 1 is 0.966 bits per heavy atom. The van der Waals surface area contributed by atoms with E-state index in [0.717, 1.165) is 28.5 Å². The first-order valence-corrected chi connectivity index (χ1v) is 11.0. The molecule has 1 heterocycles. The van der Waals surface area contributed by atoms with Crippen molar-refractivity contribution < 1.29 is 4.79 Å². The average molecular weight is 430 g/mol. The lowest BCUT2D eigenvalue weighted by Gasteiger charge is -2.28. The maximum Gasteiger partial charge on any atom is 0.245 e. The van der Waals surface area contributed by atoms with Gasteiger partial charge in [-0.2, -0.15) is 5.10 Å². The molecule has 0 bridgehead atoms. The molecule has 0 spiro atoms. The minimum Gasteiger partial charge on any atom is -0.324 e. The second-order valence-electron chi connectivity index (χ2n) is 7.90. The molecule has 4 rings (SSSR count). The van der Waals surface area contributed by atoms with Gasteiger partial charge < -0.3 is 5.32 Å². The highest BCUT2D eigenvalue weighted by Crippen LogP contribution is 2.35. The quantitative estimate of drug-likeness (QED) is 0.647. The monoisotopic (exact) mass is 429 g/mol. The summed E-state index contributed by atoms with van der Waals surface area (Å²) in [5, 5.41) is 11.1. The van der Waals surface area contributed by atoms with Gasteiger partial charge >= 0.3 is 0 Å². The summed E-state index contributed by atoms with van der Waals surface area (Å²) in [6, 6.07) is 15.0. The van der Waals surface area contributed by atoms with Gasteiger partial charge in [-0.1, -0.05) is 54.6 Å². The van der Waals surface area contributed by atoms with E-state index >= 15 is 0 Å². The zero-order chi connectivity index (χ0) is 20.2. The van der Waals surface area contributed by atoms with Crippen molar-refractivity contribution in [2.24, 2.45) is 16.9 Å². The number of hydrogen-bond donors (Lipinski definition) is 1. The molecular weight excluding hydrogens is 405 g/mol. The Morgan fingerprint density at radius 3 is 2.24 bits per heavy atom. The number of nitrogens with one attached hydrogen (secondary N) is 1. The zero-order valence-corrected chi connectivity index (χ0v) is 17.8. The molecule has 0 saturated heterocycles. The van der Waals surface area contributed by atoms with Crippen LogP contribution in [-0.2, 0) is 4.79 Å². The first-order chi connectivity index (χ1) is 14.1. The second kappa shape index (κ2) is 9.19. The molecule has 1 saturated carbocycles. The van der Waals surface area contributed by atoms with Gasteiger partial charge in [0.1, 0.15) is 6.54 Å². The fourth-order valence-electron chi connectivity index (χ4n) is 4.38. The van der Waals surface area contributed by atoms with E-state index in [9.17, 15) is 4.79 Å². The number of amides is 1. The van der Waals surface area contributed by atoms with Crippen LogP contribution in [0.4, 0.5) is 5.69 Å². The standard InChI is InChI=1S/C23H25Cl2N3O/c24-18-8-6-17(7-9-18)23-21(16-4-2-1-3-5-16)14-28(27-23)15-22(29)26-20-12-10-19(25)11-13-20/h6-13,16,21H,1-5,14-15H2,(H,26,29). The van der Waals surface area contributed by atoms with E-state index in [-0.39, 0.29) is 12.5 Å². The van der Waals surface area contributed by atoms with Crippen molar-refractivity contribution in [2.45, 2.75) is 32.1 Å². The molecule has 6 heteroatoms. The van der Waals surface area contributed by atoms with Crippen LogP contribution in [0.5, 0.6) is 0 Å². The van der Waals surface area contributed by atoms with Crippen LogP contribution in [0.15, 0.2) is 53.6 Å². The van der Waals surface area contributed by atoms with Crippen LogP contribution in [0.2, 0.25) is 10.0 Å². The highest BCUT2D eigenvalue weighted by Gasteiger charge is 2.35. The Hall–Kier alpha value is -2.04. The molecule has 2 aromatic rings. The van der Waals surface area contributed by atoms with Crippen LogP contribution >= 0.6 is 23.2 Å². The predicted molar refractivity (Wildman–Crippen MR) is 120 cm³/mol. The maximum absolute atomic E-state index is 12.6. The molecule has 2 aromatic carbocycles. The summed E-state index contributed by atoms with van der Waals surface area (Å²) in [5.41, 5.74) is 2.93. The lowest BCUT2D eigenvalue weighted by Crippen LogP contribution is -2.32. The molecule has 2 aliphatic rings. The fourth-order valence-corrected chi connectivity index (χ4v) is 4.63. The Labute approximate surface area is 181 Å². The maximum atomic E-state index is 12.6. The highest BCUT2D eigenvalue weighted by atomic mass is 35.5. The third-order valence-corrected chi connectivity index (χ3v) is 6.32. The van der Waals surface area contributed by atoms with Gasteiger partial charge in [0.15, 0.2) is 0 Å². The number of anilines is 1. The summed E-state index contributed by atoms with van der Waals surface area (Å²) in [7, 11) is 0. The molecular formula is C23H25Cl2N3O. The number of halogens is 2. The van der Waals surface area contributed by atoms with E-state index in [1.165, 1.54) is 32.1 Å². The lowest BCUT2D eigenvalue weighted by molar-refractivity contribution is -0.117. The van der Waals surface area contributed by atoms with E-state index in [4.69, 9.17) is 28.3 Å². The smallest absolute Gasteiger partial charge is 0.245 e. The van der Waals surface area contributed by atoms with Crippen molar-refractivity contribution in [3.8, 4) is 0 Å². The fraction of sp³-hybridized carbons (Fsp3) is 0.391. The van der Waals surface area contributed by atoms with E-state index in [0.29, 0.717) is 16.9 Å². The summed E-state index contributed by atoms with van der Waals surface area (Å²) in [6.45, 7) is 1.03. The Morgan fingerprint density at radius 2 is 1.59 bits per heavy atom. The molecule has 1 aliphatic heterocycles. The first kappa shape index (κ1) is 20.2. The molecule has 0 aromatic heterocycles. The molecule has 1 N–H and O–H groups in total. The van der Waals surface area contributed by atoms with Crippen molar-refractivity contribution in [3.05, 3.63) is 64.1 Å². The van der Waals surface area contributed by atoms with Crippen molar-refractivity contribution >= 4 is 40.5 Å². The Balaban J connectivity index is 1.48. The number of carbonyl (C=O) groups is 1. The number of nitrogens with zero attached hydrogens (tertiary/aromatic N) is 2. The van der Waals surface area contributed by atoms with Crippen molar-refractivity contribution in [3.63, 3.8) is 0 Å². The van der Waals surface area contributed by atoms with E-state index in [1.54, 1.807) is 24.3 Å². The van der Waals surface area contributed by atoms with Crippen molar-refractivity contribution in [1.82, 2.24) is 5.01 Å². The summed E-state index contributed by atoms with van der Waals surface area (Å²) < 4.78 is 0. The molecule has 152 valence electrons. The first-order valence-electron chi connectivity index (χ1n) is 10.2. The van der Waals surface area contributed by atoms with E-state index in [1.807, 2.05) is 29.3 Å². The topological polar surface area (TPSA) is 44.7 Å². The van der Waals surface area contributed by atoms with Crippen LogP contribution in [0.25, 0.3) is 0 Å². The van der Waals surface area contributed by atoms with Crippen molar-refractivity contribution in [2.75, 3.05) is 18.4 Å². The molecule has 1 aliphatic carbocycles. The summed E-state index contributed by atoms with van der Waals surface area (Å²) in [5.74, 6) is 0.915. The van der Waals surface area contributed by atoms with Gasteiger partial charge in [0.2, 0.25) is 5.91 Å². The third-order valence-electron chi connectivity index (χ3n) is 5.82. The molecule has 29 heavy (non-hydrogen) atoms. The molecule has 1 fully saturated rings. The second-order valence-corrected chi connectivity index (χ2v) is 8.77. The molecule has 1 atom stereocenters. The predicted octanol–water partition coefficient (Wildman–Crippen LogP) is 5.85.